The summed E-state index contributed by atoms with van der Waals surface area (Å²) in [6, 6.07) is 14.4. The first-order valence-corrected chi connectivity index (χ1v) is 8.32. The van der Waals surface area contributed by atoms with E-state index < -0.39 is 5.91 Å². The number of hydrazone groups is 1. The van der Waals surface area contributed by atoms with Crippen molar-refractivity contribution in [1.82, 2.24) is 15.6 Å². The molecule has 3 N–H and O–H groups in total. The van der Waals surface area contributed by atoms with Crippen LogP contribution in [-0.4, -0.2) is 34.0 Å². The molecule has 0 aliphatic carbocycles. The van der Waals surface area contributed by atoms with Crippen molar-refractivity contribution in [3.05, 3.63) is 65.4 Å². The van der Waals surface area contributed by atoms with Gasteiger partial charge >= 0.3 is 0 Å². The Labute approximate surface area is 156 Å². The number of H-pyrrole nitrogens is 1. The first kappa shape index (κ1) is 18.2. The second kappa shape index (κ2) is 7.74. The number of aromatic amines is 1. The van der Waals surface area contributed by atoms with Crippen LogP contribution in [-0.2, 0) is 0 Å². The fourth-order valence-corrected chi connectivity index (χ4v) is 2.47. The maximum atomic E-state index is 12.3. The minimum Gasteiger partial charge on any atom is -0.504 e. The molecule has 7 heteroatoms. The molecule has 1 heterocycles. The van der Waals surface area contributed by atoms with Crippen molar-refractivity contribution in [3.8, 4) is 22.8 Å². The monoisotopic (exact) mass is 364 g/mol. The Bertz CT molecular complexity index is 991. The van der Waals surface area contributed by atoms with Gasteiger partial charge in [-0.1, -0.05) is 29.8 Å². The molecule has 0 unspecified atom stereocenters. The van der Waals surface area contributed by atoms with E-state index in [0.717, 1.165) is 16.7 Å². The van der Waals surface area contributed by atoms with Crippen LogP contribution in [0.5, 0.6) is 11.5 Å². The van der Waals surface area contributed by atoms with Crippen LogP contribution in [0.3, 0.4) is 0 Å². The highest BCUT2D eigenvalue weighted by Crippen LogP contribution is 2.26. The molecule has 0 aliphatic rings. The molecule has 0 saturated heterocycles. The average Bonchev–Trinajstić information content (AvgIpc) is 3.17. The number of phenols is 1. The van der Waals surface area contributed by atoms with Crippen molar-refractivity contribution >= 4 is 11.6 Å². The summed E-state index contributed by atoms with van der Waals surface area (Å²) >= 11 is 0. The van der Waals surface area contributed by atoms with Gasteiger partial charge in [-0.05, 0) is 38.1 Å². The van der Waals surface area contributed by atoms with Gasteiger partial charge in [0.15, 0.2) is 11.5 Å². The van der Waals surface area contributed by atoms with Gasteiger partial charge in [0.05, 0.1) is 18.5 Å². The number of hydrogen-bond donors (Lipinski definition) is 3. The van der Waals surface area contributed by atoms with Crippen molar-refractivity contribution in [3.63, 3.8) is 0 Å². The van der Waals surface area contributed by atoms with Crippen molar-refractivity contribution in [1.29, 1.82) is 0 Å². The van der Waals surface area contributed by atoms with Gasteiger partial charge in [0.2, 0.25) is 0 Å². The largest absolute Gasteiger partial charge is 0.504 e. The number of nitrogens with zero attached hydrogens (tertiary/aromatic N) is 2. The number of ether oxygens (including phenoxy) is 1. The number of methoxy groups -OCH3 is 1. The van der Waals surface area contributed by atoms with E-state index in [1.54, 1.807) is 25.1 Å². The third kappa shape index (κ3) is 4.14. The van der Waals surface area contributed by atoms with E-state index in [2.05, 4.69) is 20.7 Å². The summed E-state index contributed by atoms with van der Waals surface area (Å²) in [5.41, 5.74) is 6.86. The number of rotatable bonds is 5. The smallest absolute Gasteiger partial charge is 0.289 e. The molecule has 7 nitrogen and oxygen atoms in total. The molecule has 27 heavy (non-hydrogen) atoms. The van der Waals surface area contributed by atoms with Gasteiger partial charge in [-0.15, -0.1) is 0 Å². The van der Waals surface area contributed by atoms with E-state index >= 15 is 0 Å². The second-order valence-corrected chi connectivity index (χ2v) is 6.06. The van der Waals surface area contributed by atoms with Crippen LogP contribution >= 0.6 is 0 Å². The number of aromatic nitrogens is 2. The number of aryl methyl sites for hydroxylation is 1. The number of nitrogens with one attached hydrogen (secondary N) is 2. The lowest BCUT2D eigenvalue weighted by molar-refractivity contribution is 0.0950. The summed E-state index contributed by atoms with van der Waals surface area (Å²) in [6.45, 7) is 3.76. The molecule has 0 spiro atoms. The van der Waals surface area contributed by atoms with Crippen LogP contribution in [0.15, 0.2) is 53.6 Å². The van der Waals surface area contributed by atoms with E-state index in [1.165, 1.54) is 13.2 Å². The summed E-state index contributed by atoms with van der Waals surface area (Å²) in [6.07, 6.45) is 0. The summed E-state index contributed by atoms with van der Waals surface area (Å²) < 4.78 is 5.08. The van der Waals surface area contributed by atoms with Gasteiger partial charge in [0.1, 0.15) is 5.69 Å². The van der Waals surface area contributed by atoms with E-state index in [-0.39, 0.29) is 5.75 Å². The Hall–Kier alpha value is -3.61. The highest BCUT2D eigenvalue weighted by Gasteiger charge is 2.11. The van der Waals surface area contributed by atoms with Gasteiger partial charge in [-0.3, -0.25) is 9.89 Å². The maximum absolute atomic E-state index is 12.3. The predicted molar refractivity (Wildman–Crippen MR) is 103 cm³/mol. The number of benzene rings is 2. The highest BCUT2D eigenvalue weighted by atomic mass is 16.5. The Kier molecular flexibility index (Phi) is 5.21. The zero-order valence-electron chi connectivity index (χ0n) is 15.3. The maximum Gasteiger partial charge on any atom is 0.289 e. The predicted octanol–water partition coefficient (Wildman–Crippen LogP) is 3.25. The molecular weight excluding hydrogens is 344 g/mol. The lowest BCUT2D eigenvalue weighted by Crippen LogP contribution is -2.19. The van der Waals surface area contributed by atoms with Crippen LogP contribution in [0.25, 0.3) is 11.3 Å². The van der Waals surface area contributed by atoms with Crippen molar-refractivity contribution < 1.29 is 14.6 Å². The summed E-state index contributed by atoms with van der Waals surface area (Å²) in [7, 11) is 1.47. The van der Waals surface area contributed by atoms with E-state index in [9.17, 15) is 9.90 Å². The lowest BCUT2D eigenvalue weighted by atomic mass is 10.1. The topological polar surface area (TPSA) is 99.6 Å². The van der Waals surface area contributed by atoms with E-state index in [4.69, 9.17) is 4.74 Å². The van der Waals surface area contributed by atoms with Crippen LogP contribution in [0.2, 0.25) is 0 Å². The Morgan fingerprint density at radius 1 is 1.19 bits per heavy atom. The quantitative estimate of drug-likeness (QED) is 0.478. The zero-order chi connectivity index (χ0) is 19.4. The molecule has 0 saturated carbocycles. The molecule has 0 radical (unpaired) electrons. The van der Waals surface area contributed by atoms with Crippen molar-refractivity contribution in [2.75, 3.05) is 7.11 Å². The van der Waals surface area contributed by atoms with Crippen LogP contribution in [0.4, 0.5) is 0 Å². The average molecular weight is 364 g/mol. The van der Waals surface area contributed by atoms with Gasteiger partial charge in [0, 0.05) is 11.1 Å². The standard InChI is InChI=1S/C20H20N4O3/c1-12-4-6-14(7-5-12)16-11-17(23-22-16)20(26)24-21-13(2)15-8-9-18(25)19(10-15)27-3/h4-11,25H,1-3H3,(H,22,23)(H,24,26)/b21-13-. The van der Waals surface area contributed by atoms with Crippen molar-refractivity contribution in [2.24, 2.45) is 5.10 Å². The summed E-state index contributed by atoms with van der Waals surface area (Å²) in [5, 5.41) is 20.7. The normalized spacial score (nSPS) is 11.3. The fraction of sp³-hybridized carbons (Fsp3) is 0.150. The third-order valence-corrected chi connectivity index (χ3v) is 4.09. The van der Waals surface area contributed by atoms with E-state index in [1.807, 2.05) is 31.2 Å². The highest BCUT2D eigenvalue weighted by molar-refractivity contribution is 6.01. The first-order chi connectivity index (χ1) is 13.0. The molecule has 1 amide bonds. The Morgan fingerprint density at radius 2 is 1.93 bits per heavy atom. The molecule has 2 aromatic carbocycles. The van der Waals surface area contributed by atoms with Crippen molar-refractivity contribution in [2.45, 2.75) is 13.8 Å². The van der Waals surface area contributed by atoms with Gasteiger partial charge in [-0.25, -0.2) is 5.43 Å². The van der Waals surface area contributed by atoms with Crippen LogP contribution in [0, 0.1) is 6.92 Å². The molecular formula is C20H20N4O3. The number of phenolic OH excluding ortho intramolecular Hbond substituents is 1. The number of aromatic hydroxyl groups is 1. The SMILES string of the molecule is COc1cc(/C(C)=N\NC(=O)c2cc(-c3ccc(C)cc3)n[nH]2)ccc1O. The first-order valence-electron chi connectivity index (χ1n) is 8.32. The molecule has 0 fully saturated rings. The Balaban J connectivity index is 1.72. The Morgan fingerprint density at radius 3 is 2.63 bits per heavy atom. The lowest BCUT2D eigenvalue weighted by Gasteiger charge is -2.06. The van der Waals surface area contributed by atoms with Crippen LogP contribution < -0.4 is 10.2 Å². The molecule has 0 aliphatic heterocycles. The number of hydrogen-bond acceptors (Lipinski definition) is 5. The van der Waals surface area contributed by atoms with Gasteiger partial charge in [0.25, 0.3) is 5.91 Å². The number of carbonyl (C=O) groups excluding carboxylic acids is 1. The molecule has 0 bridgehead atoms. The molecule has 1 aromatic heterocycles. The van der Waals surface area contributed by atoms with Gasteiger partial charge in [-0.2, -0.15) is 10.2 Å². The molecule has 138 valence electrons. The second-order valence-electron chi connectivity index (χ2n) is 6.06. The van der Waals surface area contributed by atoms with E-state index in [0.29, 0.717) is 22.8 Å². The minimum absolute atomic E-state index is 0.0409. The minimum atomic E-state index is -0.397. The molecule has 3 rings (SSSR count). The molecule has 3 aromatic rings. The summed E-state index contributed by atoms with van der Waals surface area (Å²) in [5.74, 6) is -0.0187. The van der Waals surface area contributed by atoms with Gasteiger partial charge < -0.3 is 9.84 Å². The van der Waals surface area contributed by atoms with Crippen LogP contribution in [0.1, 0.15) is 28.5 Å². The molecule has 0 atom stereocenters. The number of carbonyl (C=O) groups is 1. The fourth-order valence-electron chi connectivity index (χ4n) is 2.47. The number of amides is 1. The third-order valence-electron chi connectivity index (χ3n) is 4.09. The summed E-state index contributed by atoms with van der Waals surface area (Å²) in [4.78, 5) is 12.3. The zero-order valence-corrected chi connectivity index (χ0v) is 15.3.